The topological polar surface area (TPSA) is 89.3 Å². The Hall–Kier alpha value is -2.74. The molecular formula is C16H14N2O3. The average Bonchev–Trinajstić information content (AvgIpc) is 2.45. The van der Waals surface area contributed by atoms with Gasteiger partial charge in [-0.15, -0.1) is 0 Å². The van der Waals surface area contributed by atoms with Crippen LogP contribution < -0.4 is 16.1 Å². The Kier molecular flexibility index (Phi) is 2.95. The van der Waals surface area contributed by atoms with E-state index in [1.165, 1.54) is 0 Å². The zero-order chi connectivity index (χ0) is 15.1. The van der Waals surface area contributed by atoms with Gasteiger partial charge in [0.15, 0.2) is 5.75 Å². The van der Waals surface area contributed by atoms with E-state index in [0.29, 0.717) is 22.3 Å². The van der Waals surface area contributed by atoms with Crippen LogP contribution in [-0.2, 0) is 0 Å². The van der Waals surface area contributed by atoms with Gasteiger partial charge in [0.25, 0.3) is 0 Å². The zero-order valence-corrected chi connectivity index (χ0v) is 11.7. The lowest BCUT2D eigenvalue weighted by atomic mass is 9.81. The molecular weight excluding hydrogens is 268 g/mol. The van der Waals surface area contributed by atoms with Crippen molar-refractivity contribution in [2.45, 2.75) is 19.8 Å². The third-order valence-corrected chi connectivity index (χ3v) is 3.69. The summed E-state index contributed by atoms with van der Waals surface area (Å²) in [7, 11) is 0. The molecule has 0 saturated heterocycles. The van der Waals surface area contributed by atoms with Gasteiger partial charge in [-0.1, -0.05) is 26.0 Å². The van der Waals surface area contributed by atoms with E-state index in [-0.39, 0.29) is 17.4 Å². The molecule has 0 unspecified atom stereocenters. The summed E-state index contributed by atoms with van der Waals surface area (Å²) in [5.41, 5.74) is 6.48. The number of nitrogens with two attached hydrogens (primary N) is 1. The Morgan fingerprint density at radius 3 is 2.71 bits per heavy atom. The summed E-state index contributed by atoms with van der Waals surface area (Å²) >= 11 is 0. The monoisotopic (exact) mass is 282 g/mol. The second-order valence-electron chi connectivity index (χ2n) is 5.34. The fraction of sp³-hybridized carbons (Fsp3) is 0.250. The molecule has 21 heavy (non-hydrogen) atoms. The molecule has 5 heteroatoms. The smallest absolute Gasteiger partial charge is 0.343 e. The van der Waals surface area contributed by atoms with E-state index < -0.39 is 11.5 Å². The second kappa shape index (κ2) is 4.67. The van der Waals surface area contributed by atoms with Gasteiger partial charge in [0.2, 0.25) is 5.88 Å². The lowest BCUT2D eigenvalue weighted by Crippen LogP contribution is -2.28. The number of benzene rings is 1. The van der Waals surface area contributed by atoms with Crippen LogP contribution in [0.2, 0.25) is 0 Å². The number of nitriles is 1. The van der Waals surface area contributed by atoms with E-state index in [2.05, 4.69) is 6.07 Å². The third-order valence-electron chi connectivity index (χ3n) is 3.69. The largest absolute Gasteiger partial charge is 0.439 e. The maximum absolute atomic E-state index is 12.3. The minimum Gasteiger partial charge on any atom is -0.439 e. The Bertz CT molecular complexity index is 856. The molecule has 5 nitrogen and oxygen atoms in total. The van der Waals surface area contributed by atoms with Gasteiger partial charge in [-0.05, 0) is 18.1 Å². The summed E-state index contributed by atoms with van der Waals surface area (Å²) in [5.74, 6) is 0.0565. The average molecular weight is 282 g/mol. The van der Waals surface area contributed by atoms with Crippen LogP contribution in [0.25, 0.3) is 11.0 Å². The van der Waals surface area contributed by atoms with Crippen molar-refractivity contribution < 1.29 is 9.15 Å². The molecule has 2 N–H and O–H groups in total. The van der Waals surface area contributed by atoms with E-state index in [4.69, 9.17) is 14.9 Å². The Labute approximate surface area is 121 Å². The van der Waals surface area contributed by atoms with Crippen LogP contribution in [0.1, 0.15) is 25.3 Å². The van der Waals surface area contributed by atoms with Crippen molar-refractivity contribution in [3.05, 3.63) is 51.7 Å². The van der Waals surface area contributed by atoms with Crippen LogP contribution in [0.4, 0.5) is 0 Å². The number of allylic oxidation sites excluding steroid dienone is 1. The number of hydrogen-bond acceptors (Lipinski definition) is 5. The number of rotatable bonds is 1. The van der Waals surface area contributed by atoms with Crippen molar-refractivity contribution in [1.29, 1.82) is 5.26 Å². The molecule has 0 fully saturated rings. The molecule has 1 aromatic carbocycles. The first-order chi connectivity index (χ1) is 10.0. The molecule has 2 heterocycles. The van der Waals surface area contributed by atoms with E-state index in [1.807, 2.05) is 19.9 Å². The van der Waals surface area contributed by atoms with Crippen molar-refractivity contribution in [2.75, 3.05) is 0 Å². The molecule has 3 rings (SSSR count). The molecule has 0 radical (unpaired) electrons. The normalized spacial score (nSPS) is 17.5. The summed E-state index contributed by atoms with van der Waals surface area (Å²) in [6, 6.07) is 9.16. The lowest BCUT2D eigenvalue weighted by Gasteiger charge is -2.27. The summed E-state index contributed by atoms with van der Waals surface area (Å²) in [6.45, 7) is 3.86. The molecule has 1 aliphatic heterocycles. The van der Waals surface area contributed by atoms with E-state index in [0.717, 1.165) is 0 Å². The summed E-state index contributed by atoms with van der Waals surface area (Å²) in [4.78, 5) is 12.3. The van der Waals surface area contributed by atoms with Gasteiger partial charge < -0.3 is 14.9 Å². The number of fused-ring (bicyclic) bond motifs is 3. The van der Waals surface area contributed by atoms with Crippen LogP contribution in [-0.4, -0.2) is 0 Å². The molecule has 1 aromatic heterocycles. The van der Waals surface area contributed by atoms with E-state index in [1.54, 1.807) is 18.2 Å². The molecule has 0 saturated carbocycles. The van der Waals surface area contributed by atoms with Crippen LogP contribution in [0.5, 0.6) is 5.75 Å². The summed E-state index contributed by atoms with van der Waals surface area (Å²) in [6.07, 6.45) is 0. The standard InChI is InChI=1S/C16H14N2O3/c1-8(2)12-10(7-17)15(18)21-14-9-5-3-4-6-11(9)20-16(19)13(12)14/h3-6,8,12H,18H2,1-2H3/t12-/m0/s1. The number of nitrogens with zero attached hydrogens (tertiary/aromatic N) is 1. The molecule has 1 atom stereocenters. The summed E-state index contributed by atoms with van der Waals surface area (Å²) in [5, 5.41) is 9.99. The van der Waals surface area contributed by atoms with Crippen molar-refractivity contribution >= 4 is 11.0 Å². The Balaban J connectivity index is 2.41. The molecule has 0 bridgehead atoms. The number of ether oxygens (including phenoxy) is 1. The van der Waals surface area contributed by atoms with E-state index in [9.17, 15) is 10.1 Å². The molecule has 106 valence electrons. The predicted octanol–water partition coefficient (Wildman–Crippen LogP) is 2.62. The first-order valence-electron chi connectivity index (χ1n) is 6.68. The van der Waals surface area contributed by atoms with Crippen molar-refractivity contribution in [1.82, 2.24) is 0 Å². The minimum absolute atomic E-state index is 0.0184. The van der Waals surface area contributed by atoms with Gasteiger partial charge in [-0.2, -0.15) is 5.26 Å². The highest BCUT2D eigenvalue weighted by atomic mass is 16.5. The zero-order valence-electron chi connectivity index (χ0n) is 11.7. The van der Waals surface area contributed by atoms with Crippen molar-refractivity contribution in [2.24, 2.45) is 11.7 Å². The van der Waals surface area contributed by atoms with Gasteiger partial charge in [-0.3, -0.25) is 0 Å². The SMILES string of the molecule is CC(C)[C@H]1C(C#N)=C(N)Oc2c1c(=O)oc1ccccc21. The van der Waals surface area contributed by atoms with Crippen LogP contribution in [0.15, 0.2) is 44.9 Å². The molecule has 2 aromatic rings. The fourth-order valence-electron chi connectivity index (χ4n) is 2.77. The maximum atomic E-state index is 12.3. The van der Waals surface area contributed by atoms with Gasteiger partial charge in [0.1, 0.15) is 11.7 Å². The molecule has 0 spiro atoms. The Morgan fingerprint density at radius 2 is 2.05 bits per heavy atom. The minimum atomic E-state index is -0.484. The molecule has 0 aliphatic carbocycles. The van der Waals surface area contributed by atoms with Crippen LogP contribution >= 0.6 is 0 Å². The lowest BCUT2D eigenvalue weighted by molar-refractivity contribution is 0.364. The molecule has 0 amide bonds. The number of hydrogen-bond donors (Lipinski definition) is 1. The molecule has 1 aliphatic rings. The highest BCUT2D eigenvalue weighted by molar-refractivity contribution is 5.85. The quantitative estimate of drug-likeness (QED) is 0.812. The highest BCUT2D eigenvalue weighted by Gasteiger charge is 2.35. The first kappa shape index (κ1) is 13.3. The summed E-state index contributed by atoms with van der Waals surface area (Å²) < 4.78 is 10.9. The van der Waals surface area contributed by atoms with Gasteiger partial charge in [-0.25, -0.2) is 4.79 Å². The second-order valence-corrected chi connectivity index (χ2v) is 5.34. The Morgan fingerprint density at radius 1 is 1.33 bits per heavy atom. The maximum Gasteiger partial charge on any atom is 0.343 e. The van der Waals surface area contributed by atoms with Gasteiger partial charge >= 0.3 is 5.63 Å². The number of para-hydroxylation sites is 1. The third kappa shape index (κ3) is 1.88. The van der Waals surface area contributed by atoms with Gasteiger partial charge in [0, 0.05) is 5.92 Å². The van der Waals surface area contributed by atoms with Gasteiger partial charge in [0.05, 0.1) is 16.5 Å². The van der Waals surface area contributed by atoms with Crippen molar-refractivity contribution in [3.8, 4) is 11.8 Å². The van der Waals surface area contributed by atoms with Crippen molar-refractivity contribution in [3.63, 3.8) is 0 Å². The first-order valence-corrected chi connectivity index (χ1v) is 6.68. The van der Waals surface area contributed by atoms with Crippen LogP contribution in [0, 0.1) is 17.2 Å². The predicted molar refractivity (Wildman–Crippen MR) is 77.5 cm³/mol. The highest BCUT2D eigenvalue weighted by Crippen LogP contribution is 2.43. The van der Waals surface area contributed by atoms with Crippen LogP contribution in [0.3, 0.4) is 0 Å². The van der Waals surface area contributed by atoms with E-state index >= 15 is 0 Å². The fourth-order valence-corrected chi connectivity index (χ4v) is 2.77.